The third-order valence-corrected chi connectivity index (χ3v) is 3.31. The molecule has 0 radical (unpaired) electrons. The summed E-state index contributed by atoms with van der Waals surface area (Å²) in [5, 5.41) is 9.98. The van der Waals surface area contributed by atoms with Gasteiger partial charge in [0.25, 0.3) is 0 Å². The molecule has 0 bridgehead atoms. The number of hydrogen-bond acceptors (Lipinski definition) is 2. The lowest BCUT2D eigenvalue weighted by Gasteiger charge is -2.17. The number of aliphatic hydroxyl groups excluding tert-OH is 1. The molecule has 1 aromatic rings. The second-order valence-electron chi connectivity index (χ2n) is 4.53. The van der Waals surface area contributed by atoms with Crippen LogP contribution in [-0.4, -0.2) is 10.9 Å². The van der Waals surface area contributed by atoms with Crippen molar-refractivity contribution >= 4 is 5.78 Å². The van der Waals surface area contributed by atoms with E-state index in [1.54, 1.807) is 0 Å². The summed E-state index contributed by atoms with van der Waals surface area (Å²) >= 11 is 0. The molecule has 0 aromatic heterocycles. The van der Waals surface area contributed by atoms with Gasteiger partial charge in [0.05, 0.1) is 11.7 Å². The van der Waals surface area contributed by atoms with Crippen LogP contribution in [0.5, 0.6) is 0 Å². The van der Waals surface area contributed by atoms with Gasteiger partial charge >= 0.3 is 6.18 Å². The molecule has 5 heteroatoms. The highest BCUT2D eigenvalue weighted by atomic mass is 19.4. The Hall–Kier alpha value is -1.36. The number of hydrogen-bond donors (Lipinski definition) is 1. The van der Waals surface area contributed by atoms with Crippen LogP contribution in [0.1, 0.15) is 36.5 Å². The normalized spacial score (nSPS) is 22.2. The van der Waals surface area contributed by atoms with E-state index in [1.165, 1.54) is 12.1 Å². The number of Topliss-reactive ketones (excluding diaryl/α,β-unsaturated/α-hetero) is 1. The number of carbonyl (C=O) groups is 1. The molecule has 1 aromatic carbocycles. The van der Waals surface area contributed by atoms with Crippen LogP contribution in [0.3, 0.4) is 0 Å². The zero-order chi connectivity index (χ0) is 13.3. The van der Waals surface area contributed by atoms with Crippen molar-refractivity contribution < 1.29 is 23.1 Å². The second-order valence-corrected chi connectivity index (χ2v) is 4.53. The molecule has 1 aliphatic rings. The van der Waals surface area contributed by atoms with Crippen LogP contribution in [0.4, 0.5) is 13.2 Å². The summed E-state index contributed by atoms with van der Waals surface area (Å²) in [6.07, 6.45) is -3.60. The SMILES string of the molecule is O=C1CCC[C@@H]1[C@H](O)c1ccc(C(F)(F)F)cc1. The van der Waals surface area contributed by atoms with Crippen molar-refractivity contribution in [1.29, 1.82) is 0 Å². The summed E-state index contributed by atoms with van der Waals surface area (Å²) in [5.41, 5.74) is -0.389. The third kappa shape index (κ3) is 2.56. The van der Waals surface area contributed by atoms with Crippen molar-refractivity contribution in [2.45, 2.75) is 31.5 Å². The topological polar surface area (TPSA) is 37.3 Å². The molecule has 0 spiro atoms. The van der Waals surface area contributed by atoms with Crippen LogP contribution < -0.4 is 0 Å². The lowest BCUT2D eigenvalue weighted by atomic mass is 9.93. The van der Waals surface area contributed by atoms with E-state index >= 15 is 0 Å². The fraction of sp³-hybridized carbons (Fsp3) is 0.462. The zero-order valence-corrected chi connectivity index (χ0v) is 9.57. The van der Waals surface area contributed by atoms with Crippen molar-refractivity contribution in [3.63, 3.8) is 0 Å². The summed E-state index contributed by atoms with van der Waals surface area (Å²) in [6, 6.07) is 4.33. The Balaban J connectivity index is 2.17. The van der Waals surface area contributed by atoms with Crippen LogP contribution in [0.25, 0.3) is 0 Å². The number of ketones is 1. The molecule has 98 valence electrons. The van der Waals surface area contributed by atoms with Gasteiger partial charge in [-0.1, -0.05) is 12.1 Å². The fourth-order valence-corrected chi connectivity index (χ4v) is 2.28. The molecule has 0 saturated heterocycles. The van der Waals surface area contributed by atoms with E-state index < -0.39 is 23.8 Å². The Morgan fingerprint density at radius 3 is 2.28 bits per heavy atom. The molecule has 0 amide bonds. The molecular weight excluding hydrogens is 245 g/mol. The molecule has 1 N–H and O–H groups in total. The van der Waals surface area contributed by atoms with Gasteiger partial charge in [-0.25, -0.2) is 0 Å². The minimum Gasteiger partial charge on any atom is -0.388 e. The van der Waals surface area contributed by atoms with Crippen molar-refractivity contribution in [3.8, 4) is 0 Å². The molecule has 2 atom stereocenters. The van der Waals surface area contributed by atoms with Crippen LogP contribution in [0.15, 0.2) is 24.3 Å². The van der Waals surface area contributed by atoms with E-state index in [9.17, 15) is 23.1 Å². The number of benzene rings is 1. The summed E-state index contributed by atoms with van der Waals surface area (Å²) in [5.74, 6) is -0.482. The highest BCUT2D eigenvalue weighted by Gasteiger charge is 2.33. The standard InChI is InChI=1S/C13H13F3O2/c14-13(15,16)9-6-4-8(5-7-9)12(18)10-2-1-3-11(10)17/h4-7,10,12,18H,1-3H2/t10-,12+/m0/s1. The number of alkyl halides is 3. The maximum absolute atomic E-state index is 12.4. The molecule has 1 aliphatic carbocycles. The minimum absolute atomic E-state index is 0.0117. The van der Waals surface area contributed by atoms with E-state index in [-0.39, 0.29) is 5.78 Å². The number of aliphatic hydroxyl groups is 1. The first-order valence-corrected chi connectivity index (χ1v) is 5.77. The fourth-order valence-electron chi connectivity index (χ4n) is 2.28. The third-order valence-electron chi connectivity index (χ3n) is 3.31. The van der Waals surface area contributed by atoms with E-state index in [4.69, 9.17) is 0 Å². The Bertz CT molecular complexity index is 437. The van der Waals surface area contributed by atoms with Gasteiger partial charge in [-0.15, -0.1) is 0 Å². The lowest BCUT2D eigenvalue weighted by Crippen LogP contribution is -2.17. The van der Waals surface area contributed by atoms with Gasteiger partial charge in [0.1, 0.15) is 5.78 Å². The van der Waals surface area contributed by atoms with Gasteiger partial charge in [-0.05, 0) is 30.5 Å². The van der Waals surface area contributed by atoms with Gasteiger partial charge in [0.15, 0.2) is 0 Å². The Kier molecular flexibility index (Phi) is 3.43. The molecular formula is C13H13F3O2. The van der Waals surface area contributed by atoms with E-state index in [2.05, 4.69) is 0 Å². The average molecular weight is 258 g/mol. The van der Waals surface area contributed by atoms with Gasteiger partial charge in [0, 0.05) is 12.3 Å². The highest BCUT2D eigenvalue weighted by molar-refractivity contribution is 5.83. The predicted octanol–water partition coefficient (Wildman–Crippen LogP) is 3.11. The first-order chi connectivity index (χ1) is 8.39. The lowest BCUT2D eigenvalue weighted by molar-refractivity contribution is -0.137. The van der Waals surface area contributed by atoms with Crippen LogP contribution >= 0.6 is 0 Å². The Morgan fingerprint density at radius 1 is 1.22 bits per heavy atom. The summed E-state index contributed by atoms with van der Waals surface area (Å²) in [7, 11) is 0. The van der Waals surface area contributed by atoms with Crippen LogP contribution in [0.2, 0.25) is 0 Å². The first kappa shape index (κ1) is 13.1. The summed E-state index contributed by atoms with van der Waals surface area (Å²) < 4.78 is 37.1. The molecule has 0 unspecified atom stereocenters. The van der Waals surface area contributed by atoms with Gasteiger partial charge in [0.2, 0.25) is 0 Å². The van der Waals surface area contributed by atoms with E-state index in [0.717, 1.165) is 18.6 Å². The molecule has 2 rings (SSSR count). The van der Waals surface area contributed by atoms with E-state index in [0.29, 0.717) is 18.4 Å². The smallest absolute Gasteiger partial charge is 0.388 e. The highest BCUT2D eigenvalue weighted by Crippen LogP contribution is 2.35. The van der Waals surface area contributed by atoms with Gasteiger partial charge in [-0.3, -0.25) is 4.79 Å². The molecule has 0 aliphatic heterocycles. The second kappa shape index (κ2) is 4.72. The van der Waals surface area contributed by atoms with Crippen LogP contribution in [-0.2, 0) is 11.0 Å². The van der Waals surface area contributed by atoms with Crippen molar-refractivity contribution in [2.75, 3.05) is 0 Å². The maximum Gasteiger partial charge on any atom is 0.416 e. The van der Waals surface area contributed by atoms with Crippen molar-refractivity contribution in [2.24, 2.45) is 5.92 Å². The summed E-state index contributed by atoms with van der Waals surface area (Å²) in [4.78, 5) is 11.5. The molecule has 2 nitrogen and oxygen atoms in total. The quantitative estimate of drug-likeness (QED) is 0.885. The molecule has 0 heterocycles. The van der Waals surface area contributed by atoms with Gasteiger partial charge < -0.3 is 5.11 Å². The van der Waals surface area contributed by atoms with Crippen molar-refractivity contribution in [3.05, 3.63) is 35.4 Å². The predicted molar refractivity (Wildman–Crippen MR) is 58.8 cm³/mol. The molecule has 1 fully saturated rings. The number of carbonyl (C=O) groups excluding carboxylic acids is 1. The molecule has 1 saturated carbocycles. The Morgan fingerprint density at radius 2 is 1.83 bits per heavy atom. The Labute approximate surface area is 102 Å². The largest absolute Gasteiger partial charge is 0.416 e. The van der Waals surface area contributed by atoms with E-state index in [1.807, 2.05) is 0 Å². The maximum atomic E-state index is 12.4. The molecule has 18 heavy (non-hydrogen) atoms. The van der Waals surface area contributed by atoms with Crippen LogP contribution in [0, 0.1) is 5.92 Å². The zero-order valence-electron chi connectivity index (χ0n) is 9.57. The number of halogens is 3. The van der Waals surface area contributed by atoms with Crippen molar-refractivity contribution in [1.82, 2.24) is 0 Å². The first-order valence-electron chi connectivity index (χ1n) is 5.77. The minimum atomic E-state index is -4.38. The number of rotatable bonds is 2. The monoisotopic (exact) mass is 258 g/mol. The summed E-state index contributed by atoms with van der Waals surface area (Å²) in [6.45, 7) is 0. The van der Waals surface area contributed by atoms with Gasteiger partial charge in [-0.2, -0.15) is 13.2 Å². The average Bonchev–Trinajstić information content (AvgIpc) is 2.73.